The quantitative estimate of drug-likeness (QED) is 0.746. The average Bonchev–Trinajstić information content (AvgIpc) is 2.81. The normalized spacial score (nSPS) is 18.0. The van der Waals surface area contributed by atoms with E-state index in [-0.39, 0.29) is 10.8 Å². The zero-order valence-corrected chi connectivity index (χ0v) is 19.0. The summed E-state index contributed by atoms with van der Waals surface area (Å²) in [6.45, 7) is 5.06. The summed E-state index contributed by atoms with van der Waals surface area (Å²) in [6, 6.07) is 12.7. The van der Waals surface area contributed by atoms with Crippen LogP contribution in [0.3, 0.4) is 0 Å². The van der Waals surface area contributed by atoms with Crippen molar-refractivity contribution in [3.63, 3.8) is 0 Å². The molecule has 4 rings (SSSR count). The zero-order chi connectivity index (χ0) is 21.8. The van der Waals surface area contributed by atoms with E-state index in [1.54, 1.807) is 12.1 Å². The first-order valence-corrected chi connectivity index (χ1v) is 12.7. The Morgan fingerprint density at radius 2 is 1.45 bits per heavy atom. The maximum atomic E-state index is 13.0. The van der Waals surface area contributed by atoms with Gasteiger partial charge in [-0.25, -0.2) is 8.42 Å². The molecule has 166 valence electrons. The minimum Gasteiger partial charge on any atom is -0.372 e. The molecule has 0 aliphatic carbocycles. The van der Waals surface area contributed by atoms with Crippen molar-refractivity contribution in [3.05, 3.63) is 53.6 Å². The second-order valence-corrected chi connectivity index (χ2v) is 10.4. The molecule has 1 amide bonds. The van der Waals surface area contributed by atoms with Gasteiger partial charge in [-0.1, -0.05) is 12.5 Å². The van der Waals surface area contributed by atoms with Crippen LogP contribution in [0, 0.1) is 6.92 Å². The van der Waals surface area contributed by atoms with Crippen LogP contribution in [0.4, 0.5) is 11.4 Å². The topological polar surface area (TPSA) is 69.7 Å². The summed E-state index contributed by atoms with van der Waals surface area (Å²) in [5, 5.41) is 2.92. The first kappa shape index (κ1) is 21.8. The van der Waals surface area contributed by atoms with E-state index in [2.05, 4.69) is 10.2 Å². The molecule has 2 aliphatic rings. The minimum absolute atomic E-state index is 0.186. The van der Waals surface area contributed by atoms with Crippen molar-refractivity contribution in [3.8, 4) is 0 Å². The first-order valence-electron chi connectivity index (χ1n) is 11.2. The van der Waals surface area contributed by atoms with Crippen LogP contribution in [0.5, 0.6) is 0 Å². The van der Waals surface area contributed by atoms with Gasteiger partial charge in [0.05, 0.1) is 4.90 Å². The molecule has 6 nitrogen and oxygen atoms in total. The second-order valence-electron chi connectivity index (χ2n) is 8.49. The molecule has 2 heterocycles. The number of amides is 1. The Kier molecular flexibility index (Phi) is 6.62. The summed E-state index contributed by atoms with van der Waals surface area (Å²) in [4.78, 5) is 15.5. The number of benzene rings is 2. The Morgan fingerprint density at radius 1 is 0.839 bits per heavy atom. The van der Waals surface area contributed by atoms with Crippen molar-refractivity contribution >= 4 is 27.3 Å². The SMILES string of the molecule is Cc1ccc(S(=O)(=O)N2CCCCC2)cc1C(=O)Nc1ccc(N2CCCCC2)cc1. The standard InChI is InChI=1S/C24H31N3O3S/c1-19-8-13-22(31(29,30)27-16-6-3-7-17-27)18-23(19)24(28)25-20-9-11-21(12-10-20)26-14-4-2-5-15-26/h8-13,18H,2-7,14-17H2,1H3,(H,25,28). The van der Waals surface area contributed by atoms with Gasteiger partial charge < -0.3 is 10.2 Å². The van der Waals surface area contributed by atoms with Crippen molar-refractivity contribution in [2.24, 2.45) is 0 Å². The van der Waals surface area contributed by atoms with Crippen LogP contribution in [0.1, 0.15) is 54.4 Å². The molecule has 1 N–H and O–H groups in total. The number of aryl methyl sites for hydroxylation is 1. The van der Waals surface area contributed by atoms with Crippen molar-refractivity contribution in [2.45, 2.75) is 50.3 Å². The van der Waals surface area contributed by atoms with E-state index in [4.69, 9.17) is 0 Å². The van der Waals surface area contributed by atoms with Crippen molar-refractivity contribution in [1.29, 1.82) is 0 Å². The number of carbonyl (C=O) groups excluding carboxylic acids is 1. The summed E-state index contributed by atoms with van der Waals surface area (Å²) in [5.41, 5.74) is 3.01. The van der Waals surface area contributed by atoms with Gasteiger partial charge >= 0.3 is 0 Å². The van der Waals surface area contributed by atoms with Crippen LogP contribution >= 0.6 is 0 Å². The summed E-state index contributed by atoms with van der Waals surface area (Å²) in [7, 11) is -3.58. The number of hydrogen-bond donors (Lipinski definition) is 1. The van der Waals surface area contributed by atoms with Gasteiger partial charge in [0.2, 0.25) is 10.0 Å². The molecule has 7 heteroatoms. The van der Waals surface area contributed by atoms with Gasteiger partial charge in [0.1, 0.15) is 0 Å². The van der Waals surface area contributed by atoms with Gasteiger partial charge in [0.25, 0.3) is 5.91 Å². The van der Waals surface area contributed by atoms with Gasteiger partial charge in [0.15, 0.2) is 0 Å². The van der Waals surface area contributed by atoms with E-state index in [1.807, 2.05) is 31.2 Å². The van der Waals surface area contributed by atoms with E-state index in [9.17, 15) is 13.2 Å². The highest BCUT2D eigenvalue weighted by molar-refractivity contribution is 7.89. The van der Waals surface area contributed by atoms with Crippen LogP contribution in [0.25, 0.3) is 0 Å². The Bertz CT molecular complexity index is 1020. The molecule has 2 saturated heterocycles. The number of piperidine rings is 2. The Morgan fingerprint density at radius 3 is 2.10 bits per heavy atom. The lowest BCUT2D eigenvalue weighted by atomic mass is 10.1. The zero-order valence-electron chi connectivity index (χ0n) is 18.1. The molecule has 0 radical (unpaired) electrons. The number of hydrogen-bond acceptors (Lipinski definition) is 4. The molecule has 2 aromatic carbocycles. The fraction of sp³-hybridized carbons (Fsp3) is 0.458. The van der Waals surface area contributed by atoms with Gasteiger partial charge in [-0.15, -0.1) is 0 Å². The number of nitrogens with one attached hydrogen (secondary N) is 1. The van der Waals surface area contributed by atoms with Gasteiger partial charge in [-0.3, -0.25) is 4.79 Å². The second kappa shape index (κ2) is 9.40. The third kappa shape index (κ3) is 4.93. The Labute approximate surface area is 185 Å². The van der Waals surface area contributed by atoms with Crippen molar-refractivity contribution in [1.82, 2.24) is 4.31 Å². The molecular weight excluding hydrogens is 410 g/mol. The molecule has 0 unspecified atom stereocenters. The first-order chi connectivity index (χ1) is 14.9. The van der Waals surface area contributed by atoms with E-state index in [0.29, 0.717) is 24.3 Å². The van der Waals surface area contributed by atoms with E-state index in [1.165, 1.54) is 35.3 Å². The molecular formula is C24H31N3O3S. The number of anilines is 2. The summed E-state index contributed by atoms with van der Waals surface area (Å²) in [6.07, 6.45) is 6.54. The molecule has 2 aliphatic heterocycles. The molecule has 2 fully saturated rings. The summed E-state index contributed by atoms with van der Waals surface area (Å²) < 4.78 is 27.5. The van der Waals surface area contributed by atoms with Crippen molar-refractivity contribution < 1.29 is 13.2 Å². The Hall–Kier alpha value is -2.38. The van der Waals surface area contributed by atoms with Crippen LogP contribution in [-0.2, 0) is 10.0 Å². The van der Waals surface area contributed by atoms with Gasteiger partial charge in [0, 0.05) is 43.1 Å². The number of nitrogens with zero attached hydrogens (tertiary/aromatic N) is 2. The predicted octanol–water partition coefficient (Wildman–Crippen LogP) is 4.41. The fourth-order valence-electron chi connectivity index (χ4n) is 4.37. The molecule has 2 aromatic rings. The number of rotatable bonds is 5. The van der Waals surface area contributed by atoms with Gasteiger partial charge in [-0.05, 0) is 81.0 Å². The van der Waals surface area contributed by atoms with Crippen LogP contribution < -0.4 is 10.2 Å². The summed E-state index contributed by atoms with van der Waals surface area (Å²) in [5.74, 6) is -0.293. The molecule has 0 atom stereocenters. The third-order valence-corrected chi connectivity index (χ3v) is 8.15. The smallest absolute Gasteiger partial charge is 0.255 e. The third-order valence-electron chi connectivity index (χ3n) is 6.25. The van der Waals surface area contributed by atoms with Crippen LogP contribution in [0.15, 0.2) is 47.4 Å². The lowest BCUT2D eigenvalue weighted by Crippen LogP contribution is -2.35. The van der Waals surface area contributed by atoms with E-state index in [0.717, 1.165) is 37.9 Å². The predicted molar refractivity (Wildman–Crippen MR) is 124 cm³/mol. The molecule has 0 spiro atoms. The Balaban J connectivity index is 1.50. The largest absolute Gasteiger partial charge is 0.372 e. The lowest BCUT2D eigenvalue weighted by molar-refractivity contribution is 0.102. The van der Waals surface area contributed by atoms with Crippen LogP contribution in [-0.4, -0.2) is 44.8 Å². The maximum absolute atomic E-state index is 13.0. The maximum Gasteiger partial charge on any atom is 0.255 e. The lowest BCUT2D eigenvalue weighted by Gasteiger charge is -2.28. The molecule has 31 heavy (non-hydrogen) atoms. The van der Waals surface area contributed by atoms with Crippen LogP contribution in [0.2, 0.25) is 0 Å². The number of carbonyl (C=O) groups is 1. The summed E-state index contributed by atoms with van der Waals surface area (Å²) >= 11 is 0. The molecule has 0 aromatic heterocycles. The number of sulfonamides is 1. The molecule has 0 bridgehead atoms. The van der Waals surface area contributed by atoms with E-state index < -0.39 is 10.0 Å². The monoisotopic (exact) mass is 441 g/mol. The van der Waals surface area contributed by atoms with E-state index >= 15 is 0 Å². The van der Waals surface area contributed by atoms with Gasteiger partial charge in [-0.2, -0.15) is 4.31 Å². The molecule has 0 saturated carbocycles. The minimum atomic E-state index is -3.58. The average molecular weight is 442 g/mol. The van der Waals surface area contributed by atoms with Crippen molar-refractivity contribution in [2.75, 3.05) is 36.4 Å². The highest BCUT2D eigenvalue weighted by Crippen LogP contribution is 2.25. The highest BCUT2D eigenvalue weighted by atomic mass is 32.2. The fourth-order valence-corrected chi connectivity index (χ4v) is 5.91. The highest BCUT2D eigenvalue weighted by Gasteiger charge is 2.27.